The van der Waals surface area contributed by atoms with E-state index in [0.717, 1.165) is 35.7 Å². The van der Waals surface area contributed by atoms with Crippen LogP contribution in [-0.2, 0) is 13.2 Å². The highest BCUT2D eigenvalue weighted by Crippen LogP contribution is 2.32. The standard InChI is InChI=1S/C20H27ClN2O3.2ClH/c1-2-25-19-9-5-7-16(14-23-11-10-22-12-13-24)20(19)26-15-17-6-3-4-8-18(17)21;;/h3-9,22-24H,2,10-15H2,1H3;2*1H. The van der Waals surface area contributed by atoms with Crippen LogP contribution in [0.2, 0.25) is 5.02 Å². The molecule has 0 fully saturated rings. The minimum absolute atomic E-state index is 0. The van der Waals surface area contributed by atoms with E-state index >= 15 is 0 Å². The van der Waals surface area contributed by atoms with E-state index in [4.69, 9.17) is 26.2 Å². The van der Waals surface area contributed by atoms with Crippen LogP contribution in [0.5, 0.6) is 11.5 Å². The SMILES string of the molecule is CCOc1cccc(CNCCNCCO)c1OCc1ccccc1Cl.Cl.Cl. The van der Waals surface area contributed by atoms with Crippen molar-refractivity contribution in [1.29, 1.82) is 0 Å². The lowest BCUT2D eigenvalue weighted by Gasteiger charge is -2.17. The zero-order valence-corrected chi connectivity index (χ0v) is 18.3. The second-order valence-corrected chi connectivity index (χ2v) is 6.12. The highest BCUT2D eigenvalue weighted by molar-refractivity contribution is 6.31. The number of para-hydroxylation sites is 1. The maximum absolute atomic E-state index is 8.77. The van der Waals surface area contributed by atoms with Gasteiger partial charge in [-0.05, 0) is 19.1 Å². The van der Waals surface area contributed by atoms with Crippen LogP contribution in [0.15, 0.2) is 42.5 Å². The summed E-state index contributed by atoms with van der Waals surface area (Å²) in [6, 6.07) is 13.6. The number of hydrogen-bond acceptors (Lipinski definition) is 5. The Bertz CT molecular complexity index is 675. The Morgan fingerprint density at radius 2 is 1.61 bits per heavy atom. The normalized spacial score (nSPS) is 9.96. The van der Waals surface area contributed by atoms with Gasteiger partial charge < -0.3 is 25.2 Å². The van der Waals surface area contributed by atoms with E-state index in [0.29, 0.717) is 31.3 Å². The molecule has 0 radical (unpaired) electrons. The van der Waals surface area contributed by atoms with Crippen LogP contribution < -0.4 is 20.1 Å². The fourth-order valence-electron chi connectivity index (χ4n) is 2.50. The van der Waals surface area contributed by atoms with Crippen LogP contribution in [-0.4, -0.2) is 38.0 Å². The summed E-state index contributed by atoms with van der Waals surface area (Å²) in [4.78, 5) is 0. The highest BCUT2D eigenvalue weighted by atomic mass is 35.5. The molecule has 3 N–H and O–H groups in total. The van der Waals surface area contributed by atoms with Gasteiger partial charge >= 0.3 is 0 Å². The molecule has 2 aromatic carbocycles. The van der Waals surface area contributed by atoms with Gasteiger partial charge in [0.05, 0.1) is 13.2 Å². The quantitative estimate of drug-likeness (QED) is 0.428. The zero-order valence-electron chi connectivity index (χ0n) is 15.9. The van der Waals surface area contributed by atoms with Gasteiger partial charge in [-0.2, -0.15) is 0 Å². The minimum Gasteiger partial charge on any atom is -0.490 e. The first kappa shape index (κ1) is 26.8. The Labute approximate surface area is 184 Å². The molecule has 8 heteroatoms. The van der Waals surface area contributed by atoms with Gasteiger partial charge in [0, 0.05) is 42.3 Å². The van der Waals surface area contributed by atoms with Crippen molar-refractivity contribution in [1.82, 2.24) is 10.6 Å². The fourth-order valence-corrected chi connectivity index (χ4v) is 2.69. The van der Waals surface area contributed by atoms with Crippen LogP contribution in [0.3, 0.4) is 0 Å². The van der Waals surface area contributed by atoms with Gasteiger partial charge in [-0.15, -0.1) is 24.8 Å². The van der Waals surface area contributed by atoms with E-state index < -0.39 is 0 Å². The van der Waals surface area contributed by atoms with E-state index in [1.165, 1.54) is 0 Å². The maximum atomic E-state index is 8.77. The second kappa shape index (κ2) is 15.7. The molecule has 0 bridgehead atoms. The number of hydrogen-bond donors (Lipinski definition) is 3. The van der Waals surface area contributed by atoms with Gasteiger partial charge in [-0.25, -0.2) is 0 Å². The third-order valence-corrected chi connectivity index (χ3v) is 4.14. The summed E-state index contributed by atoms with van der Waals surface area (Å²) in [7, 11) is 0. The molecule has 0 unspecified atom stereocenters. The minimum atomic E-state index is 0. The summed E-state index contributed by atoms with van der Waals surface area (Å²) in [5.74, 6) is 1.47. The van der Waals surface area contributed by atoms with E-state index in [-0.39, 0.29) is 31.4 Å². The average Bonchev–Trinajstić information content (AvgIpc) is 2.65. The van der Waals surface area contributed by atoms with Crippen molar-refractivity contribution in [3.63, 3.8) is 0 Å². The molecule has 0 atom stereocenters. The van der Waals surface area contributed by atoms with Crippen LogP contribution in [0, 0.1) is 0 Å². The molecule has 2 rings (SSSR count). The molecule has 158 valence electrons. The first-order valence-electron chi connectivity index (χ1n) is 8.89. The third kappa shape index (κ3) is 8.86. The highest BCUT2D eigenvalue weighted by Gasteiger charge is 2.12. The second-order valence-electron chi connectivity index (χ2n) is 5.71. The van der Waals surface area contributed by atoms with Crippen molar-refractivity contribution >= 4 is 36.4 Å². The number of aliphatic hydroxyl groups is 1. The number of aliphatic hydroxyl groups excluding tert-OH is 1. The van der Waals surface area contributed by atoms with Gasteiger partial charge in [-0.1, -0.05) is 41.9 Å². The Kier molecular flexibility index (Phi) is 15.0. The lowest BCUT2D eigenvalue weighted by Crippen LogP contribution is -2.28. The van der Waals surface area contributed by atoms with Gasteiger partial charge in [0.25, 0.3) is 0 Å². The summed E-state index contributed by atoms with van der Waals surface area (Å²) in [5, 5.41) is 16.0. The van der Waals surface area contributed by atoms with Crippen molar-refractivity contribution in [3.05, 3.63) is 58.6 Å². The largest absolute Gasteiger partial charge is 0.490 e. The fraction of sp³-hybridized carbons (Fsp3) is 0.400. The maximum Gasteiger partial charge on any atom is 0.166 e. The molecule has 0 aliphatic heterocycles. The van der Waals surface area contributed by atoms with E-state index in [1.54, 1.807) is 0 Å². The molecular formula is C20H29Cl3N2O3. The van der Waals surface area contributed by atoms with Gasteiger partial charge in [0.2, 0.25) is 0 Å². The summed E-state index contributed by atoms with van der Waals surface area (Å²) in [6.07, 6.45) is 0. The van der Waals surface area contributed by atoms with E-state index in [2.05, 4.69) is 10.6 Å². The number of nitrogens with one attached hydrogen (secondary N) is 2. The summed E-state index contributed by atoms with van der Waals surface area (Å²) >= 11 is 6.23. The molecule has 0 aromatic heterocycles. The van der Waals surface area contributed by atoms with Gasteiger partial charge in [0.15, 0.2) is 11.5 Å². The monoisotopic (exact) mass is 450 g/mol. The molecule has 5 nitrogen and oxygen atoms in total. The predicted octanol–water partition coefficient (Wildman–Crippen LogP) is 3.83. The Morgan fingerprint density at radius 3 is 2.32 bits per heavy atom. The van der Waals surface area contributed by atoms with Crippen molar-refractivity contribution in [2.24, 2.45) is 0 Å². The Hall–Kier alpha value is -1.21. The van der Waals surface area contributed by atoms with Crippen molar-refractivity contribution in [2.45, 2.75) is 20.1 Å². The lowest BCUT2D eigenvalue weighted by atomic mass is 10.1. The van der Waals surface area contributed by atoms with Crippen molar-refractivity contribution < 1.29 is 14.6 Å². The molecule has 0 spiro atoms. The number of halogens is 3. The molecule has 0 amide bonds. The number of rotatable bonds is 12. The van der Waals surface area contributed by atoms with E-state index in [1.807, 2.05) is 49.4 Å². The average molecular weight is 452 g/mol. The van der Waals surface area contributed by atoms with Crippen LogP contribution >= 0.6 is 36.4 Å². The summed E-state index contributed by atoms with van der Waals surface area (Å²) in [6.45, 7) is 5.92. The van der Waals surface area contributed by atoms with Crippen molar-refractivity contribution in [2.75, 3.05) is 32.8 Å². The first-order chi connectivity index (χ1) is 12.8. The molecule has 0 saturated heterocycles. The van der Waals surface area contributed by atoms with Crippen LogP contribution in [0.25, 0.3) is 0 Å². The molecule has 0 heterocycles. The molecule has 2 aromatic rings. The van der Waals surface area contributed by atoms with Crippen LogP contribution in [0.4, 0.5) is 0 Å². The first-order valence-corrected chi connectivity index (χ1v) is 9.27. The van der Waals surface area contributed by atoms with Gasteiger partial charge in [0.1, 0.15) is 6.61 Å². The Balaban J connectivity index is 0.00000364. The lowest BCUT2D eigenvalue weighted by molar-refractivity contribution is 0.266. The molecule has 0 aliphatic rings. The zero-order chi connectivity index (χ0) is 18.6. The number of ether oxygens (including phenoxy) is 2. The molecule has 28 heavy (non-hydrogen) atoms. The van der Waals surface area contributed by atoms with Crippen molar-refractivity contribution in [3.8, 4) is 11.5 Å². The van der Waals surface area contributed by atoms with E-state index in [9.17, 15) is 0 Å². The smallest absolute Gasteiger partial charge is 0.166 e. The molecule has 0 aliphatic carbocycles. The summed E-state index contributed by atoms with van der Waals surface area (Å²) in [5.41, 5.74) is 1.97. The molecule has 0 saturated carbocycles. The topological polar surface area (TPSA) is 62.8 Å². The Morgan fingerprint density at radius 1 is 0.893 bits per heavy atom. The predicted molar refractivity (Wildman–Crippen MR) is 120 cm³/mol. The third-order valence-electron chi connectivity index (χ3n) is 3.77. The molecular weight excluding hydrogens is 423 g/mol. The number of benzene rings is 2. The van der Waals surface area contributed by atoms with Gasteiger partial charge in [-0.3, -0.25) is 0 Å². The van der Waals surface area contributed by atoms with Crippen LogP contribution in [0.1, 0.15) is 18.1 Å². The summed E-state index contributed by atoms with van der Waals surface area (Å²) < 4.78 is 11.8.